The zero-order valence-electron chi connectivity index (χ0n) is 22.6. The van der Waals surface area contributed by atoms with Gasteiger partial charge in [-0.1, -0.05) is 73.8 Å². The van der Waals surface area contributed by atoms with Gasteiger partial charge in [0.15, 0.2) is 5.78 Å². The minimum absolute atomic E-state index is 0.129. The van der Waals surface area contributed by atoms with E-state index < -0.39 is 11.5 Å². The summed E-state index contributed by atoms with van der Waals surface area (Å²) in [4.78, 5) is 33.8. The van der Waals surface area contributed by atoms with Gasteiger partial charge in [-0.25, -0.2) is 4.79 Å². The Bertz CT molecular complexity index is 1040. The molecule has 37 heavy (non-hydrogen) atoms. The van der Waals surface area contributed by atoms with Crippen molar-refractivity contribution in [1.29, 1.82) is 0 Å². The number of benzene rings is 2. The van der Waals surface area contributed by atoms with Crippen molar-refractivity contribution in [3.63, 3.8) is 0 Å². The molecule has 1 fully saturated rings. The highest BCUT2D eigenvalue weighted by atomic mass is 32.2. The fourth-order valence-electron chi connectivity index (χ4n) is 4.40. The lowest BCUT2D eigenvalue weighted by atomic mass is 9.91. The molecule has 0 aromatic heterocycles. The number of unbranched alkanes of at least 4 members (excludes halogenated alkanes) is 4. The van der Waals surface area contributed by atoms with Crippen LogP contribution in [0.1, 0.15) is 82.1 Å². The second-order valence-electron chi connectivity index (χ2n) is 9.92. The molecule has 0 radical (unpaired) electrons. The Morgan fingerprint density at radius 1 is 0.919 bits per heavy atom. The Morgan fingerprint density at radius 3 is 2.05 bits per heavy atom. The SMILES string of the molecule is CCCCCCC/C(=N\OC(C)=O)c1ccc(Sc2ccc(C(=O)C(C)(C)N3CCOCC3)cc2)cc1. The van der Waals surface area contributed by atoms with Crippen LogP contribution in [0.25, 0.3) is 0 Å². The fourth-order valence-corrected chi connectivity index (χ4v) is 5.22. The smallest absolute Gasteiger partial charge is 0.331 e. The van der Waals surface area contributed by atoms with Gasteiger partial charge in [0, 0.05) is 35.4 Å². The van der Waals surface area contributed by atoms with Gasteiger partial charge in [-0.05, 0) is 56.5 Å². The zero-order chi connectivity index (χ0) is 26.7. The maximum atomic E-state index is 13.2. The van der Waals surface area contributed by atoms with Crippen molar-refractivity contribution in [3.05, 3.63) is 59.7 Å². The van der Waals surface area contributed by atoms with Crippen LogP contribution < -0.4 is 0 Å². The predicted octanol–water partition coefficient (Wildman–Crippen LogP) is 6.76. The first-order valence-corrected chi connectivity index (χ1v) is 14.1. The molecule has 3 rings (SSSR count). The van der Waals surface area contributed by atoms with Crippen LogP contribution >= 0.6 is 11.8 Å². The topological polar surface area (TPSA) is 68.2 Å². The van der Waals surface area contributed by atoms with Gasteiger partial charge >= 0.3 is 5.97 Å². The van der Waals surface area contributed by atoms with Crippen molar-refractivity contribution in [1.82, 2.24) is 4.90 Å². The van der Waals surface area contributed by atoms with Gasteiger partial charge in [-0.2, -0.15) is 0 Å². The monoisotopic (exact) mass is 524 g/mol. The first-order chi connectivity index (χ1) is 17.8. The molecule has 1 aliphatic rings. The number of nitrogens with zero attached hydrogens (tertiary/aromatic N) is 2. The molecular formula is C30H40N2O4S. The Labute approximate surface area is 225 Å². The number of carbonyl (C=O) groups excluding carboxylic acids is 2. The largest absolute Gasteiger partial charge is 0.379 e. The van der Waals surface area contributed by atoms with E-state index in [9.17, 15) is 9.59 Å². The quantitative estimate of drug-likeness (QED) is 0.0948. The Morgan fingerprint density at radius 2 is 1.49 bits per heavy atom. The third-order valence-electron chi connectivity index (χ3n) is 6.70. The van der Waals surface area contributed by atoms with Crippen LogP contribution in [0.5, 0.6) is 0 Å². The number of hydrogen-bond acceptors (Lipinski definition) is 7. The van der Waals surface area contributed by atoms with Gasteiger partial charge in [0.05, 0.1) is 24.5 Å². The molecule has 2 aromatic carbocycles. The van der Waals surface area contributed by atoms with Crippen molar-refractivity contribution in [2.24, 2.45) is 5.16 Å². The lowest BCUT2D eigenvalue weighted by Crippen LogP contribution is -2.54. The summed E-state index contributed by atoms with van der Waals surface area (Å²) >= 11 is 1.65. The molecule has 2 aromatic rings. The molecule has 0 aliphatic carbocycles. The van der Waals surface area contributed by atoms with Gasteiger partial charge < -0.3 is 9.57 Å². The molecule has 200 valence electrons. The second kappa shape index (κ2) is 14.5. The van der Waals surface area contributed by atoms with Crippen LogP contribution in [-0.4, -0.2) is 54.2 Å². The number of Topliss-reactive ketones (excluding diaryl/α,β-unsaturated/α-hetero) is 1. The summed E-state index contributed by atoms with van der Waals surface area (Å²) in [5.41, 5.74) is 1.93. The van der Waals surface area contributed by atoms with Crippen molar-refractivity contribution in [3.8, 4) is 0 Å². The average molecular weight is 525 g/mol. The molecule has 0 saturated carbocycles. The number of ether oxygens (including phenoxy) is 1. The van der Waals surface area contributed by atoms with Crippen LogP contribution in [0, 0.1) is 0 Å². The van der Waals surface area contributed by atoms with Crippen LogP contribution in [-0.2, 0) is 14.4 Å². The van der Waals surface area contributed by atoms with E-state index in [1.54, 1.807) is 11.8 Å². The Balaban J connectivity index is 1.62. The number of oxime groups is 1. The lowest BCUT2D eigenvalue weighted by Gasteiger charge is -2.39. The molecule has 6 nitrogen and oxygen atoms in total. The summed E-state index contributed by atoms with van der Waals surface area (Å²) in [5.74, 6) is -0.282. The molecule has 0 N–H and O–H groups in total. The van der Waals surface area contributed by atoms with Crippen molar-refractivity contribution < 1.29 is 19.2 Å². The molecule has 1 aliphatic heterocycles. The van der Waals surface area contributed by atoms with Gasteiger partial charge in [-0.15, -0.1) is 0 Å². The van der Waals surface area contributed by atoms with Crippen LogP contribution in [0.2, 0.25) is 0 Å². The van der Waals surface area contributed by atoms with Crippen molar-refractivity contribution in [2.45, 2.75) is 81.5 Å². The predicted molar refractivity (Wildman–Crippen MR) is 149 cm³/mol. The number of morpholine rings is 1. The van der Waals surface area contributed by atoms with Gasteiger partial charge in [0.1, 0.15) is 0 Å². The highest BCUT2D eigenvalue weighted by Crippen LogP contribution is 2.30. The molecule has 0 spiro atoms. The minimum atomic E-state index is -0.560. The number of rotatable bonds is 13. The van der Waals surface area contributed by atoms with Gasteiger partial charge in [0.25, 0.3) is 0 Å². The van der Waals surface area contributed by atoms with E-state index in [1.807, 2.05) is 50.2 Å². The van der Waals surface area contributed by atoms with Crippen LogP contribution in [0.4, 0.5) is 0 Å². The molecule has 1 saturated heterocycles. The summed E-state index contributed by atoms with van der Waals surface area (Å²) in [5, 5.41) is 4.12. The van der Waals surface area contributed by atoms with Gasteiger partial charge in [-0.3, -0.25) is 9.69 Å². The normalized spacial score (nSPS) is 15.0. The summed E-state index contributed by atoms with van der Waals surface area (Å²) in [6, 6.07) is 16.0. The highest BCUT2D eigenvalue weighted by Gasteiger charge is 2.35. The minimum Gasteiger partial charge on any atom is -0.379 e. The number of carbonyl (C=O) groups is 2. The summed E-state index contributed by atoms with van der Waals surface area (Å²) < 4.78 is 5.44. The first-order valence-electron chi connectivity index (χ1n) is 13.3. The Kier molecular flexibility index (Phi) is 11.4. The van der Waals surface area contributed by atoms with E-state index in [-0.39, 0.29) is 5.78 Å². The van der Waals surface area contributed by atoms with E-state index in [0.717, 1.165) is 59.0 Å². The third kappa shape index (κ3) is 8.80. The summed E-state index contributed by atoms with van der Waals surface area (Å²) in [7, 11) is 0. The molecule has 1 heterocycles. The second-order valence-corrected chi connectivity index (χ2v) is 11.1. The third-order valence-corrected chi connectivity index (χ3v) is 7.71. The van der Waals surface area contributed by atoms with Crippen LogP contribution in [0.3, 0.4) is 0 Å². The van der Waals surface area contributed by atoms with Crippen LogP contribution in [0.15, 0.2) is 63.5 Å². The van der Waals surface area contributed by atoms with Crippen molar-refractivity contribution in [2.75, 3.05) is 26.3 Å². The van der Waals surface area contributed by atoms with E-state index >= 15 is 0 Å². The fraction of sp³-hybridized carbons (Fsp3) is 0.500. The summed E-state index contributed by atoms with van der Waals surface area (Å²) in [6.07, 6.45) is 6.59. The maximum absolute atomic E-state index is 13.2. The number of hydrogen-bond donors (Lipinski definition) is 0. The Hall–Kier alpha value is -2.48. The molecule has 0 unspecified atom stereocenters. The van der Waals surface area contributed by atoms with Crippen molar-refractivity contribution >= 4 is 29.2 Å². The molecule has 7 heteroatoms. The van der Waals surface area contributed by atoms with E-state index in [2.05, 4.69) is 29.1 Å². The summed E-state index contributed by atoms with van der Waals surface area (Å²) in [6.45, 7) is 10.4. The van der Waals surface area contributed by atoms with E-state index in [0.29, 0.717) is 13.2 Å². The molecule has 0 amide bonds. The standard InChI is InChI=1S/C30H40N2O4S/c1-5-6-7-8-9-10-28(31-36-23(2)33)24-11-15-26(16-12-24)37-27-17-13-25(14-18-27)29(34)30(3,4)32-19-21-35-22-20-32/h11-18H,5-10,19-22H2,1-4H3/b31-28+. The molecule has 0 atom stereocenters. The lowest BCUT2D eigenvalue weighted by molar-refractivity contribution is -0.140. The average Bonchev–Trinajstić information content (AvgIpc) is 2.91. The zero-order valence-corrected chi connectivity index (χ0v) is 23.4. The highest BCUT2D eigenvalue weighted by molar-refractivity contribution is 7.99. The maximum Gasteiger partial charge on any atom is 0.331 e. The first kappa shape index (κ1) is 29.1. The van der Waals surface area contributed by atoms with E-state index in [4.69, 9.17) is 9.57 Å². The molecular weight excluding hydrogens is 484 g/mol. The number of ketones is 1. The van der Waals surface area contributed by atoms with Gasteiger partial charge in [0.2, 0.25) is 0 Å². The van der Waals surface area contributed by atoms with E-state index in [1.165, 1.54) is 26.2 Å². The molecule has 0 bridgehead atoms.